The summed E-state index contributed by atoms with van der Waals surface area (Å²) in [5, 5.41) is 3.64. The zero-order valence-electron chi connectivity index (χ0n) is 12.9. The van der Waals surface area contributed by atoms with Crippen molar-refractivity contribution < 1.29 is 0 Å². The van der Waals surface area contributed by atoms with Gasteiger partial charge in [-0.1, -0.05) is 27.7 Å². The van der Waals surface area contributed by atoms with Crippen LogP contribution in [-0.4, -0.2) is 35.6 Å². The van der Waals surface area contributed by atoms with Crippen molar-refractivity contribution in [2.24, 2.45) is 5.41 Å². The molecule has 102 valence electrons. The third-order valence-electron chi connectivity index (χ3n) is 3.88. The molecule has 1 N–H and O–H groups in total. The standard InChI is InChI=1S/C15H32N2/c1-8-13-10-17(12(2)9-16-13)15(6,7)11-14(3,4)5/h12-13,16H,8-11H2,1-7H3. The predicted octanol–water partition coefficient (Wildman–Crippen LogP) is 3.27. The number of piperazine rings is 1. The quantitative estimate of drug-likeness (QED) is 0.814. The van der Waals surface area contributed by atoms with Crippen LogP contribution in [0.1, 0.15) is 61.3 Å². The average molecular weight is 240 g/mol. The molecule has 0 aliphatic carbocycles. The highest BCUT2D eigenvalue weighted by molar-refractivity contribution is 4.94. The molecule has 1 saturated heterocycles. The van der Waals surface area contributed by atoms with E-state index in [2.05, 4.69) is 58.7 Å². The second-order valence-electron chi connectivity index (χ2n) is 7.56. The van der Waals surface area contributed by atoms with Crippen LogP contribution < -0.4 is 5.32 Å². The first-order chi connectivity index (χ1) is 7.65. The molecule has 2 unspecified atom stereocenters. The van der Waals surface area contributed by atoms with Gasteiger partial charge in [-0.2, -0.15) is 0 Å². The molecule has 2 nitrogen and oxygen atoms in total. The van der Waals surface area contributed by atoms with Crippen molar-refractivity contribution in [1.29, 1.82) is 0 Å². The highest BCUT2D eigenvalue weighted by Crippen LogP contribution is 2.33. The number of hydrogen-bond donors (Lipinski definition) is 1. The summed E-state index contributed by atoms with van der Waals surface area (Å²) in [5.41, 5.74) is 0.697. The first kappa shape index (κ1) is 15.0. The maximum Gasteiger partial charge on any atom is 0.0198 e. The normalized spacial score (nSPS) is 28.4. The summed E-state index contributed by atoms with van der Waals surface area (Å²) in [5.74, 6) is 0. The first-order valence-electron chi connectivity index (χ1n) is 7.16. The van der Waals surface area contributed by atoms with Gasteiger partial charge in [0.1, 0.15) is 0 Å². The molecule has 0 radical (unpaired) electrons. The maximum absolute atomic E-state index is 3.64. The number of hydrogen-bond acceptors (Lipinski definition) is 2. The van der Waals surface area contributed by atoms with E-state index in [0.29, 0.717) is 23.0 Å². The van der Waals surface area contributed by atoms with Gasteiger partial charge in [-0.15, -0.1) is 0 Å². The fraction of sp³-hybridized carbons (Fsp3) is 1.00. The van der Waals surface area contributed by atoms with Gasteiger partial charge in [0.05, 0.1) is 0 Å². The van der Waals surface area contributed by atoms with Crippen molar-refractivity contribution in [3.63, 3.8) is 0 Å². The van der Waals surface area contributed by atoms with E-state index in [0.717, 1.165) is 6.54 Å². The molecular weight excluding hydrogens is 208 g/mol. The van der Waals surface area contributed by atoms with Gasteiger partial charge in [-0.25, -0.2) is 0 Å². The SMILES string of the molecule is CCC1CN(C(C)(C)CC(C)(C)C)C(C)CN1. The Bertz CT molecular complexity index is 240. The fourth-order valence-electron chi connectivity index (χ4n) is 3.45. The van der Waals surface area contributed by atoms with Crippen LogP contribution in [-0.2, 0) is 0 Å². The summed E-state index contributed by atoms with van der Waals surface area (Å²) in [6.45, 7) is 18.8. The largest absolute Gasteiger partial charge is 0.311 e. The van der Waals surface area contributed by atoms with E-state index >= 15 is 0 Å². The Hall–Kier alpha value is -0.0800. The van der Waals surface area contributed by atoms with Crippen LogP contribution >= 0.6 is 0 Å². The number of nitrogens with one attached hydrogen (secondary N) is 1. The minimum Gasteiger partial charge on any atom is -0.311 e. The molecule has 2 heteroatoms. The van der Waals surface area contributed by atoms with Crippen LogP contribution in [0.15, 0.2) is 0 Å². The molecule has 0 amide bonds. The molecule has 0 aromatic carbocycles. The van der Waals surface area contributed by atoms with Crippen LogP contribution in [0, 0.1) is 5.41 Å². The first-order valence-corrected chi connectivity index (χ1v) is 7.16. The van der Waals surface area contributed by atoms with Gasteiger partial charge in [0.2, 0.25) is 0 Å². The zero-order chi connectivity index (χ0) is 13.3. The van der Waals surface area contributed by atoms with Crippen molar-refractivity contribution in [2.45, 2.75) is 78.9 Å². The number of nitrogens with zero attached hydrogens (tertiary/aromatic N) is 1. The monoisotopic (exact) mass is 240 g/mol. The Labute approximate surface area is 108 Å². The third-order valence-corrected chi connectivity index (χ3v) is 3.88. The predicted molar refractivity (Wildman–Crippen MR) is 76.4 cm³/mol. The van der Waals surface area contributed by atoms with Gasteiger partial charge < -0.3 is 5.32 Å². The topological polar surface area (TPSA) is 15.3 Å². The maximum atomic E-state index is 3.64. The molecule has 0 aromatic heterocycles. The minimum atomic E-state index is 0.299. The lowest BCUT2D eigenvalue weighted by Crippen LogP contribution is -2.62. The third kappa shape index (κ3) is 4.26. The van der Waals surface area contributed by atoms with Crippen LogP contribution in [0.25, 0.3) is 0 Å². The molecule has 1 aliphatic rings. The molecule has 1 aliphatic heterocycles. The Morgan fingerprint density at radius 3 is 2.24 bits per heavy atom. The fourth-order valence-corrected chi connectivity index (χ4v) is 3.45. The van der Waals surface area contributed by atoms with Gasteiger partial charge in [-0.3, -0.25) is 4.90 Å². The molecule has 1 heterocycles. The minimum absolute atomic E-state index is 0.299. The van der Waals surface area contributed by atoms with Crippen molar-refractivity contribution in [1.82, 2.24) is 10.2 Å². The smallest absolute Gasteiger partial charge is 0.0198 e. The van der Waals surface area contributed by atoms with Crippen LogP contribution in [0.4, 0.5) is 0 Å². The van der Waals surface area contributed by atoms with Gasteiger partial charge in [0, 0.05) is 30.7 Å². The Morgan fingerprint density at radius 2 is 1.76 bits per heavy atom. The highest BCUT2D eigenvalue weighted by Gasteiger charge is 2.37. The molecular formula is C15H32N2. The lowest BCUT2D eigenvalue weighted by atomic mass is 9.79. The van der Waals surface area contributed by atoms with Crippen LogP contribution in [0.3, 0.4) is 0 Å². The summed E-state index contributed by atoms with van der Waals surface area (Å²) >= 11 is 0. The van der Waals surface area contributed by atoms with Crippen LogP contribution in [0.5, 0.6) is 0 Å². The van der Waals surface area contributed by atoms with Gasteiger partial charge in [-0.05, 0) is 39.0 Å². The van der Waals surface area contributed by atoms with Crippen LogP contribution in [0.2, 0.25) is 0 Å². The summed E-state index contributed by atoms with van der Waals surface area (Å²) in [6, 6.07) is 1.32. The second kappa shape index (κ2) is 5.27. The van der Waals surface area contributed by atoms with E-state index in [9.17, 15) is 0 Å². The lowest BCUT2D eigenvalue weighted by molar-refractivity contribution is 0.0130. The van der Waals surface area contributed by atoms with Gasteiger partial charge in [0.25, 0.3) is 0 Å². The molecule has 0 spiro atoms. The van der Waals surface area contributed by atoms with E-state index in [-0.39, 0.29) is 0 Å². The molecule has 1 fully saturated rings. The highest BCUT2D eigenvalue weighted by atomic mass is 15.3. The van der Waals surface area contributed by atoms with Gasteiger partial charge in [0.15, 0.2) is 0 Å². The summed E-state index contributed by atoms with van der Waals surface area (Å²) in [4.78, 5) is 2.71. The zero-order valence-corrected chi connectivity index (χ0v) is 12.9. The summed E-state index contributed by atoms with van der Waals surface area (Å²) in [6.07, 6.45) is 2.48. The van der Waals surface area contributed by atoms with E-state index in [1.807, 2.05) is 0 Å². The van der Waals surface area contributed by atoms with E-state index in [1.165, 1.54) is 19.4 Å². The number of rotatable bonds is 3. The van der Waals surface area contributed by atoms with E-state index < -0.39 is 0 Å². The Kier molecular flexibility index (Phi) is 4.65. The molecule has 17 heavy (non-hydrogen) atoms. The van der Waals surface area contributed by atoms with E-state index in [4.69, 9.17) is 0 Å². The van der Waals surface area contributed by atoms with Gasteiger partial charge >= 0.3 is 0 Å². The van der Waals surface area contributed by atoms with E-state index in [1.54, 1.807) is 0 Å². The second-order valence-corrected chi connectivity index (χ2v) is 7.56. The molecule has 1 rings (SSSR count). The summed E-state index contributed by atoms with van der Waals surface area (Å²) < 4.78 is 0. The summed E-state index contributed by atoms with van der Waals surface area (Å²) in [7, 11) is 0. The van der Waals surface area contributed by atoms with Crippen molar-refractivity contribution in [3.8, 4) is 0 Å². The van der Waals surface area contributed by atoms with Crippen molar-refractivity contribution in [3.05, 3.63) is 0 Å². The molecule has 2 atom stereocenters. The Balaban J connectivity index is 2.73. The molecule has 0 bridgehead atoms. The lowest BCUT2D eigenvalue weighted by Gasteiger charge is -2.50. The van der Waals surface area contributed by atoms with Crippen molar-refractivity contribution >= 4 is 0 Å². The average Bonchev–Trinajstić information content (AvgIpc) is 2.14. The Morgan fingerprint density at radius 1 is 1.18 bits per heavy atom. The molecule has 0 saturated carbocycles. The van der Waals surface area contributed by atoms with Crippen molar-refractivity contribution in [2.75, 3.05) is 13.1 Å². The molecule has 0 aromatic rings.